The Labute approximate surface area is 159 Å². The maximum absolute atomic E-state index is 11.9. The van der Waals surface area contributed by atoms with Crippen LogP contribution in [0.5, 0.6) is 0 Å². The Morgan fingerprint density at radius 1 is 1.44 bits per heavy atom. The standard InChI is InChI=1S/C16H16Cl2N4O2S/c1-4-11(18)9(5-8(7-17)24-3)13-10-6-12(14(23)20-2)25-15(10)22-16(19)21-13/h4-7H,1-3H3,(H,20,23)(H2,19,21,22)/b8-7-,9-5+,11-4+. The third kappa shape index (κ3) is 4.12. The molecule has 0 aliphatic rings. The van der Waals surface area contributed by atoms with Gasteiger partial charge in [-0.15, -0.1) is 11.3 Å². The third-order valence-electron chi connectivity index (χ3n) is 3.26. The Hall–Kier alpha value is -2.09. The van der Waals surface area contributed by atoms with Crippen LogP contribution in [0.3, 0.4) is 0 Å². The molecule has 0 spiro atoms. The Balaban J connectivity index is 2.78. The van der Waals surface area contributed by atoms with E-state index in [1.54, 1.807) is 32.2 Å². The molecule has 0 aliphatic carbocycles. The van der Waals surface area contributed by atoms with Gasteiger partial charge in [0.15, 0.2) is 0 Å². The van der Waals surface area contributed by atoms with E-state index in [0.29, 0.717) is 37.2 Å². The summed E-state index contributed by atoms with van der Waals surface area (Å²) in [6.45, 7) is 1.79. The molecule has 2 aromatic rings. The van der Waals surface area contributed by atoms with Crippen LogP contribution in [-0.4, -0.2) is 30.0 Å². The number of nitrogens with zero attached hydrogens (tertiary/aromatic N) is 2. The molecule has 0 fully saturated rings. The Morgan fingerprint density at radius 3 is 2.72 bits per heavy atom. The molecule has 9 heteroatoms. The number of fused-ring (bicyclic) bond motifs is 1. The van der Waals surface area contributed by atoms with Gasteiger partial charge in [-0.3, -0.25) is 4.79 Å². The van der Waals surface area contributed by atoms with Crippen molar-refractivity contribution in [1.82, 2.24) is 15.3 Å². The van der Waals surface area contributed by atoms with Crippen molar-refractivity contribution in [3.63, 3.8) is 0 Å². The van der Waals surface area contributed by atoms with Gasteiger partial charge in [0.1, 0.15) is 10.6 Å². The molecule has 1 amide bonds. The van der Waals surface area contributed by atoms with E-state index in [0.717, 1.165) is 0 Å². The quantitative estimate of drug-likeness (QED) is 0.588. The molecule has 0 aromatic carbocycles. The van der Waals surface area contributed by atoms with Gasteiger partial charge < -0.3 is 15.8 Å². The predicted molar refractivity (Wildman–Crippen MR) is 104 cm³/mol. The molecule has 6 nitrogen and oxygen atoms in total. The SMILES string of the molecule is C\C=C(Cl)/C(=C\C(=C\Cl)OC)c1nc(N)nc2sc(C(=O)NC)cc12. The molecule has 0 atom stereocenters. The number of amides is 1. The zero-order valence-corrected chi connectivity index (χ0v) is 16.1. The highest BCUT2D eigenvalue weighted by Gasteiger charge is 2.18. The number of carbonyl (C=O) groups excluding carboxylic acids is 1. The third-order valence-corrected chi connectivity index (χ3v) is 4.92. The van der Waals surface area contributed by atoms with Crippen molar-refractivity contribution in [2.24, 2.45) is 0 Å². The van der Waals surface area contributed by atoms with Crippen LogP contribution in [0, 0.1) is 0 Å². The van der Waals surface area contributed by atoms with Crippen LogP contribution in [0.15, 0.2) is 34.5 Å². The molecular formula is C16H16Cl2N4O2S. The second-order valence-corrected chi connectivity index (χ2v) is 6.41. The van der Waals surface area contributed by atoms with E-state index < -0.39 is 0 Å². The number of hydrogen-bond acceptors (Lipinski definition) is 6. The Morgan fingerprint density at radius 2 is 2.16 bits per heavy atom. The number of ether oxygens (including phenoxy) is 1. The number of anilines is 1. The molecule has 0 radical (unpaired) electrons. The summed E-state index contributed by atoms with van der Waals surface area (Å²) in [5, 5.41) is 3.68. The zero-order chi connectivity index (χ0) is 18.6. The summed E-state index contributed by atoms with van der Waals surface area (Å²) >= 11 is 13.3. The lowest BCUT2D eigenvalue weighted by Crippen LogP contribution is -2.15. The Kier molecular flexibility index (Phi) is 6.41. The molecule has 0 unspecified atom stereocenters. The van der Waals surface area contributed by atoms with Gasteiger partial charge in [-0.25, -0.2) is 9.97 Å². The number of nitrogens with two attached hydrogens (primary N) is 1. The average Bonchev–Trinajstić information content (AvgIpc) is 3.04. The first-order chi connectivity index (χ1) is 11.9. The zero-order valence-electron chi connectivity index (χ0n) is 13.8. The number of aromatic nitrogens is 2. The highest BCUT2D eigenvalue weighted by molar-refractivity contribution is 7.20. The molecule has 0 bridgehead atoms. The van der Waals surface area contributed by atoms with E-state index >= 15 is 0 Å². The summed E-state index contributed by atoms with van der Waals surface area (Å²) in [5.41, 5.74) is 8.17. The normalized spacial score (nSPS) is 13.2. The maximum atomic E-state index is 11.9. The maximum Gasteiger partial charge on any atom is 0.261 e. The van der Waals surface area contributed by atoms with Gasteiger partial charge >= 0.3 is 0 Å². The number of halogens is 2. The van der Waals surface area contributed by atoms with Crippen molar-refractivity contribution in [3.05, 3.63) is 45.1 Å². The van der Waals surface area contributed by atoms with Crippen LogP contribution in [0.25, 0.3) is 15.8 Å². The lowest BCUT2D eigenvalue weighted by atomic mass is 10.1. The number of carbonyl (C=O) groups is 1. The average molecular weight is 399 g/mol. The number of thiophene rings is 1. The van der Waals surface area contributed by atoms with Gasteiger partial charge in [0.05, 0.1) is 17.7 Å². The first-order valence-corrected chi connectivity index (χ1v) is 8.76. The summed E-state index contributed by atoms with van der Waals surface area (Å²) < 4.78 is 5.18. The van der Waals surface area contributed by atoms with Gasteiger partial charge in [-0.1, -0.05) is 29.3 Å². The van der Waals surface area contributed by atoms with Gasteiger partial charge in [-0.05, 0) is 19.1 Å². The van der Waals surface area contributed by atoms with E-state index in [2.05, 4.69) is 15.3 Å². The smallest absolute Gasteiger partial charge is 0.261 e. The van der Waals surface area contributed by atoms with Crippen molar-refractivity contribution in [1.29, 1.82) is 0 Å². The lowest BCUT2D eigenvalue weighted by molar-refractivity contribution is 0.0967. The Bertz CT molecular complexity index is 903. The number of nitrogen functional groups attached to an aromatic ring is 1. The van der Waals surface area contributed by atoms with Crippen LogP contribution in [0.1, 0.15) is 22.3 Å². The molecule has 0 aliphatic heterocycles. The molecule has 2 rings (SSSR count). The van der Waals surface area contributed by atoms with Gasteiger partial charge in [0, 0.05) is 28.6 Å². The lowest BCUT2D eigenvalue weighted by Gasteiger charge is -2.09. The molecule has 3 N–H and O–H groups in total. The van der Waals surface area contributed by atoms with E-state index in [1.807, 2.05) is 0 Å². The second-order valence-electron chi connectivity index (χ2n) is 4.75. The van der Waals surface area contributed by atoms with Crippen molar-refractivity contribution in [3.8, 4) is 0 Å². The fourth-order valence-electron chi connectivity index (χ4n) is 2.06. The molecule has 2 heterocycles. The van der Waals surface area contributed by atoms with Crippen LogP contribution in [-0.2, 0) is 4.74 Å². The van der Waals surface area contributed by atoms with Gasteiger partial charge in [-0.2, -0.15) is 0 Å². The molecule has 132 valence electrons. The van der Waals surface area contributed by atoms with E-state index in [-0.39, 0.29) is 11.9 Å². The number of methoxy groups -OCH3 is 1. The van der Waals surface area contributed by atoms with Crippen LogP contribution >= 0.6 is 34.5 Å². The van der Waals surface area contributed by atoms with E-state index in [1.165, 1.54) is 24.0 Å². The summed E-state index contributed by atoms with van der Waals surface area (Å²) in [6, 6.07) is 1.71. The second kappa shape index (κ2) is 8.33. The number of allylic oxidation sites excluding steroid dienone is 4. The minimum atomic E-state index is -0.214. The minimum Gasteiger partial charge on any atom is -0.496 e. The van der Waals surface area contributed by atoms with Crippen molar-refractivity contribution >= 4 is 62.2 Å². The van der Waals surface area contributed by atoms with Gasteiger partial charge in [0.25, 0.3) is 5.91 Å². The van der Waals surface area contributed by atoms with Crippen LogP contribution in [0.4, 0.5) is 5.95 Å². The topological polar surface area (TPSA) is 90.1 Å². The summed E-state index contributed by atoms with van der Waals surface area (Å²) in [6.07, 6.45) is 3.36. The van der Waals surface area contributed by atoms with E-state index in [9.17, 15) is 4.79 Å². The summed E-state index contributed by atoms with van der Waals surface area (Å²) in [4.78, 5) is 21.5. The van der Waals surface area contributed by atoms with Crippen molar-refractivity contribution in [2.45, 2.75) is 6.92 Å². The van der Waals surface area contributed by atoms with E-state index in [4.69, 9.17) is 33.7 Å². The first kappa shape index (κ1) is 19.2. The largest absolute Gasteiger partial charge is 0.496 e. The van der Waals surface area contributed by atoms with Gasteiger partial charge in [0.2, 0.25) is 5.95 Å². The molecular weight excluding hydrogens is 383 g/mol. The van der Waals surface area contributed by atoms with Crippen molar-refractivity contribution < 1.29 is 9.53 Å². The molecule has 0 saturated heterocycles. The highest BCUT2D eigenvalue weighted by Crippen LogP contribution is 2.35. The fraction of sp³-hybridized carbons (Fsp3) is 0.188. The molecule has 0 saturated carbocycles. The van der Waals surface area contributed by atoms with Crippen molar-refractivity contribution in [2.75, 3.05) is 19.9 Å². The van der Waals surface area contributed by atoms with Crippen LogP contribution < -0.4 is 11.1 Å². The number of nitrogens with one attached hydrogen (secondary N) is 1. The monoisotopic (exact) mass is 398 g/mol. The minimum absolute atomic E-state index is 0.0769. The number of rotatable bonds is 5. The molecule has 2 aromatic heterocycles. The summed E-state index contributed by atoms with van der Waals surface area (Å²) in [5.74, 6) is 0.255. The highest BCUT2D eigenvalue weighted by atomic mass is 35.5. The number of hydrogen-bond donors (Lipinski definition) is 2. The predicted octanol–water partition coefficient (Wildman–Crippen LogP) is 3.89. The molecule has 25 heavy (non-hydrogen) atoms. The first-order valence-electron chi connectivity index (χ1n) is 7.12. The fourth-order valence-corrected chi connectivity index (χ4v) is 3.34. The summed E-state index contributed by atoms with van der Waals surface area (Å²) in [7, 11) is 3.05. The van der Waals surface area contributed by atoms with Crippen LogP contribution in [0.2, 0.25) is 0 Å².